The maximum Gasteiger partial charge on any atom is 0.261 e. The summed E-state index contributed by atoms with van der Waals surface area (Å²) in [5, 5.41) is 10.7. The Morgan fingerprint density at radius 1 is 1.03 bits per heavy atom. The van der Waals surface area contributed by atoms with Crippen LogP contribution in [0.5, 0.6) is 17.2 Å². The number of rotatable bonds is 8. The number of anilines is 1. The fraction of sp³-hybridized carbons (Fsp3) is 0.346. The van der Waals surface area contributed by atoms with Crippen molar-refractivity contribution in [3.05, 3.63) is 64.5 Å². The van der Waals surface area contributed by atoms with E-state index in [1.165, 1.54) is 14.2 Å². The van der Waals surface area contributed by atoms with Crippen LogP contribution in [0, 0.1) is 20.8 Å². The quantitative estimate of drug-likeness (QED) is 0.370. The number of nitrogens with one attached hydrogen (secondary N) is 2. The first-order valence-corrected chi connectivity index (χ1v) is 11.3. The van der Waals surface area contributed by atoms with E-state index in [0.717, 1.165) is 29.1 Å². The maximum atomic E-state index is 13.3. The summed E-state index contributed by atoms with van der Waals surface area (Å²) in [4.78, 5) is 18.0. The zero-order valence-corrected chi connectivity index (χ0v) is 21.4. The normalized spacial score (nSPS) is 11.2. The van der Waals surface area contributed by atoms with E-state index in [1.54, 1.807) is 25.3 Å². The van der Waals surface area contributed by atoms with Crippen LogP contribution in [0.2, 0.25) is 0 Å². The smallest absolute Gasteiger partial charge is 0.261 e. The highest BCUT2D eigenvalue weighted by molar-refractivity contribution is 6.11. The average Bonchev–Trinajstić information content (AvgIpc) is 3.14. The second kappa shape index (κ2) is 11.4. The summed E-state index contributed by atoms with van der Waals surface area (Å²) < 4.78 is 18.2. The van der Waals surface area contributed by atoms with E-state index in [0.29, 0.717) is 35.0 Å². The van der Waals surface area contributed by atoms with Gasteiger partial charge in [0.1, 0.15) is 5.75 Å². The standard InChI is InChI=1S/C26H33N5O4/c1-8-31-18(4)20(17(3)30-31)15-27-26(28-21-14-16(2)12-13-22(21)33-5)29-25(32)19-10-9-11-23(34-6)24(19)35-7/h9-14H,8,15H2,1-7H3,(H2,27,28,29,32). The molecule has 3 rings (SSSR count). The van der Waals surface area contributed by atoms with Crippen molar-refractivity contribution in [3.8, 4) is 17.2 Å². The summed E-state index contributed by atoms with van der Waals surface area (Å²) in [6, 6.07) is 10.9. The van der Waals surface area contributed by atoms with Crippen LogP contribution in [0.15, 0.2) is 41.4 Å². The number of aliphatic imine (C=N–C) groups is 1. The molecule has 0 radical (unpaired) electrons. The predicted molar refractivity (Wildman–Crippen MR) is 137 cm³/mol. The molecular formula is C26H33N5O4. The van der Waals surface area contributed by atoms with Gasteiger partial charge in [-0.05, 0) is 57.5 Å². The van der Waals surface area contributed by atoms with Crippen LogP contribution in [-0.2, 0) is 13.1 Å². The van der Waals surface area contributed by atoms with Gasteiger partial charge in [-0.15, -0.1) is 0 Å². The Labute approximate surface area is 206 Å². The lowest BCUT2D eigenvalue weighted by Crippen LogP contribution is -2.36. The molecule has 9 heteroatoms. The number of hydrogen-bond acceptors (Lipinski definition) is 6. The molecule has 0 bridgehead atoms. The van der Waals surface area contributed by atoms with E-state index < -0.39 is 5.91 Å². The van der Waals surface area contributed by atoms with Gasteiger partial charge in [0.25, 0.3) is 5.91 Å². The van der Waals surface area contributed by atoms with Gasteiger partial charge < -0.3 is 19.5 Å². The first-order chi connectivity index (χ1) is 16.8. The number of para-hydroxylation sites is 1. The van der Waals surface area contributed by atoms with Crippen molar-refractivity contribution in [2.24, 2.45) is 4.99 Å². The number of benzene rings is 2. The van der Waals surface area contributed by atoms with Crippen molar-refractivity contribution < 1.29 is 19.0 Å². The fourth-order valence-electron chi connectivity index (χ4n) is 3.83. The number of carbonyl (C=O) groups excluding carboxylic acids is 1. The van der Waals surface area contributed by atoms with Crippen molar-refractivity contribution in [3.63, 3.8) is 0 Å². The number of amides is 1. The van der Waals surface area contributed by atoms with Crippen LogP contribution >= 0.6 is 0 Å². The molecule has 9 nitrogen and oxygen atoms in total. The van der Waals surface area contributed by atoms with E-state index in [4.69, 9.17) is 19.2 Å². The van der Waals surface area contributed by atoms with Gasteiger partial charge in [0.2, 0.25) is 5.96 Å². The molecule has 2 N–H and O–H groups in total. The molecule has 35 heavy (non-hydrogen) atoms. The number of guanidine groups is 1. The summed E-state index contributed by atoms with van der Waals surface area (Å²) in [7, 11) is 4.62. The molecule has 1 aromatic heterocycles. The lowest BCUT2D eigenvalue weighted by atomic mass is 10.1. The van der Waals surface area contributed by atoms with Gasteiger partial charge in [-0.3, -0.25) is 14.8 Å². The Morgan fingerprint density at radius 3 is 2.40 bits per heavy atom. The van der Waals surface area contributed by atoms with Gasteiger partial charge in [-0.2, -0.15) is 5.10 Å². The number of methoxy groups -OCH3 is 3. The molecule has 0 spiro atoms. The van der Waals surface area contributed by atoms with Crippen molar-refractivity contribution in [2.75, 3.05) is 26.6 Å². The minimum absolute atomic E-state index is 0.270. The number of nitrogens with zero attached hydrogens (tertiary/aromatic N) is 3. The summed E-state index contributed by atoms with van der Waals surface area (Å²) in [5.41, 5.74) is 4.99. The molecule has 0 aliphatic rings. The van der Waals surface area contributed by atoms with Gasteiger partial charge in [0.05, 0.1) is 44.8 Å². The van der Waals surface area contributed by atoms with Gasteiger partial charge in [-0.25, -0.2) is 4.99 Å². The second-order valence-electron chi connectivity index (χ2n) is 7.95. The highest BCUT2D eigenvalue weighted by atomic mass is 16.5. The second-order valence-corrected chi connectivity index (χ2v) is 7.95. The number of ether oxygens (including phenoxy) is 3. The van der Waals surface area contributed by atoms with Crippen molar-refractivity contribution >= 4 is 17.6 Å². The maximum absolute atomic E-state index is 13.3. The third-order valence-electron chi connectivity index (χ3n) is 5.71. The molecule has 0 saturated heterocycles. The Hall–Kier alpha value is -4.01. The Kier molecular flexibility index (Phi) is 8.35. The molecule has 186 valence electrons. The fourth-order valence-corrected chi connectivity index (χ4v) is 3.83. The number of carbonyl (C=O) groups is 1. The summed E-state index contributed by atoms with van der Waals surface area (Å²) in [5.74, 6) is 1.31. The summed E-state index contributed by atoms with van der Waals surface area (Å²) in [6.45, 7) is 9.11. The van der Waals surface area contributed by atoms with Gasteiger partial charge in [0, 0.05) is 17.8 Å². The van der Waals surface area contributed by atoms with Crippen molar-refractivity contribution in [1.29, 1.82) is 0 Å². The molecule has 0 unspecified atom stereocenters. The molecular weight excluding hydrogens is 446 g/mol. The van der Waals surface area contributed by atoms with Crippen LogP contribution in [-0.4, -0.2) is 43.0 Å². The molecule has 0 fully saturated rings. The zero-order chi connectivity index (χ0) is 25.5. The minimum Gasteiger partial charge on any atom is -0.495 e. The highest BCUT2D eigenvalue weighted by Crippen LogP contribution is 2.31. The number of hydrogen-bond donors (Lipinski definition) is 2. The summed E-state index contributed by atoms with van der Waals surface area (Å²) >= 11 is 0. The van der Waals surface area contributed by atoms with Gasteiger partial charge in [0.15, 0.2) is 11.5 Å². The highest BCUT2D eigenvalue weighted by Gasteiger charge is 2.19. The van der Waals surface area contributed by atoms with Crippen molar-refractivity contribution in [2.45, 2.75) is 40.8 Å². The van der Waals surface area contributed by atoms with Gasteiger partial charge >= 0.3 is 0 Å². The Bertz CT molecular complexity index is 1230. The summed E-state index contributed by atoms with van der Waals surface area (Å²) in [6.07, 6.45) is 0. The first kappa shape index (κ1) is 25.6. The minimum atomic E-state index is -0.392. The van der Waals surface area contributed by atoms with Crippen LogP contribution in [0.4, 0.5) is 5.69 Å². The molecule has 1 amide bonds. The number of aromatic nitrogens is 2. The van der Waals surface area contributed by atoms with E-state index in [1.807, 2.05) is 50.6 Å². The SMILES string of the molecule is CCn1nc(C)c(CN=C(NC(=O)c2cccc(OC)c2OC)Nc2cc(C)ccc2OC)c1C. The van der Waals surface area contributed by atoms with Crippen LogP contribution in [0.3, 0.4) is 0 Å². The van der Waals surface area contributed by atoms with E-state index in [2.05, 4.69) is 15.7 Å². The lowest BCUT2D eigenvalue weighted by molar-refractivity contribution is 0.0973. The molecule has 1 heterocycles. The third kappa shape index (κ3) is 5.74. The van der Waals surface area contributed by atoms with Crippen LogP contribution < -0.4 is 24.8 Å². The first-order valence-electron chi connectivity index (χ1n) is 11.3. The molecule has 0 atom stereocenters. The van der Waals surface area contributed by atoms with Gasteiger partial charge in [-0.1, -0.05) is 12.1 Å². The van der Waals surface area contributed by atoms with Crippen LogP contribution in [0.25, 0.3) is 0 Å². The molecule has 0 aliphatic carbocycles. The van der Waals surface area contributed by atoms with Crippen molar-refractivity contribution in [1.82, 2.24) is 15.1 Å². The zero-order valence-electron chi connectivity index (χ0n) is 21.4. The average molecular weight is 480 g/mol. The van der Waals surface area contributed by atoms with E-state index in [9.17, 15) is 4.79 Å². The third-order valence-corrected chi connectivity index (χ3v) is 5.71. The Balaban J connectivity index is 1.99. The monoisotopic (exact) mass is 479 g/mol. The molecule has 0 aliphatic heterocycles. The van der Waals surface area contributed by atoms with Crippen LogP contribution in [0.1, 0.15) is 39.8 Å². The molecule has 3 aromatic rings. The predicted octanol–water partition coefficient (Wildman–Crippen LogP) is 4.25. The number of aryl methyl sites for hydroxylation is 3. The topological polar surface area (TPSA) is 99.0 Å². The Morgan fingerprint density at radius 2 is 1.77 bits per heavy atom. The lowest BCUT2D eigenvalue weighted by Gasteiger charge is -2.16. The largest absolute Gasteiger partial charge is 0.495 e. The van der Waals surface area contributed by atoms with E-state index in [-0.39, 0.29) is 5.96 Å². The van der Waals surface area contributed by atoms with E-state index >= 15 is 0 Å². The molecule has 0 saturated carbocycles. The molecule has 2 aromatic carbocycles.